The zero-order valence-electron chi connectivity index (χ0n) is 12.3. The number of hydrogen-bond donors (Lipinski definition) is 2. The summed E-state index contributed by atoms with van der Waals surface area (Å²) in [5, 5.41) is 15.7. The van der Waals surface area contributed by atoms with Crippen molar-refractivity contribution in [1.29, 1.82) is 0 Å². The predicted molar refractivity (Wildman–Crippen MR) is 74.3 cm³/mol. The van der Waals surface area contributed by atoms with Crippen molar-refractivity contribution in [2.75, 3.05) is 19.0 Å². The molecule has 0 aliphatic carbocycles. The van der Waals surface area contributed by atoms with Crippen molar-refractivity contribution >= 4 is 23.3 Å². The fourth-order valence-corrected chi connectivity index (χ4v) is 1.84. The molecule has 0 aromatic carbocycles. The maximum atomic E-state index is 11.8. The molecule has 8 heteroatoms. The largest absolute Gasteiger partial charge is 0.476 e. The molecule has 0 unspecified atom stereocenters. The second kappa shape index (κ2) is 7.53. The van der Waals surface area contributed by atoms with Gasteiger partial charge in [-0.25, -0.2) is 4.79 Å². The molecule has 1 aromatic heterocycles. The lowest BCUT2D eigenvalue weighted by molar-refractivity contribution is -0.126. The second-order valence-corrected chi connectivity index (χ2v) is 4.44. The number of aryl methyl sites for hydroxylation is 2. The van der Waals surface area contributed by atoms with Crippen molar-refractivity contribution in [1.82, 2.24) is 9.78 Å². The summed E-state index contributed by atoms with van der Waals surface area (Å²) in [5.41, 5.74) is 0.438. The van der Waals surface area contributed by atoms with Gasteiger partial charge in [0, 0.05) is 20.1 Å². The van der Waals surface area contributed by atoms with Crippen LogP contribution in [-0.2, 0) is 20.9 Å². The molecule has 0 bridgehead atoms. The van der Waals surface area contributed by atoms with Crippen molar-refractivity contribution in [3.63, 3.8) is 0 Å². The highest BCUT2D eigenvalue weighted by molar-refractivity contribution is 6.07. The first-order chi connectivity index (χ1) is 9.90. The molecule has 0 saturated carbocycles. The Morgan fingerprint density at radius 2 is 2.05 bits per heavy atom. The minimum Gasteiger partial charge on any atom is -0.476 e. The van der Waals surface area contributed by atoms with Gasteiger partial charge in [0.1, 0.15) is 5.78 Å². The first kappa shape index (κ1) is 16.8. The van der Waals surface area contributed by atoms with Crippen LogP contribution in [0.15, 0.2) is 0 Å². The highest BCUT2D eigenvalue weighted by atomic mass is 16.5. The summed E-state index contributed by atoms with van der Waals surface area (Å²) in [5.74, 6) is -2.01. The van der Waals surface area contributed by atoms with E-state index in [0.29, 0.717) is 12.2 Å². The van der Waals surface area contributed by atoms with Crippen LogP contribution in [0.4, 0.5) is 5.69 Å². The number of aromatic carboxylic acids is 1. The van der Waals surface area contributed by atoms with Gasteiger partial charge in [-0.15, -0.1) is 0 Å². The predicted octanol–water partition coefficient (Wildman–Crippen LogP) is 0.844. The van der Waals surface area contributed by atoms with Crippen LogP contribution in [0.5, 0.6) is 0 Å². The van der Waals surface area contributed by atoms with Gasteiger partial charge in [0.2, 0.25) is 5.91 Å². The average molecular weight is 297 g/mol. The fraction of sp³-hybridized carbons (Fsp3) is 0.538. The highest BCUT2D eigenvalue weighted by Crippen LogP contribution is 2.20. The van der Waals surface area contributed by atoms with Gasteiger partial charge in [-0.2, -0.15) is 5.10 Å². The molecule has 0 aliphatic heterocycles. The fourth-order valence-electron chi connectivity index (χ4n) is 1.84. The number of carboxylic acid groups (broad SMARTS) is 1. The number of rotatable bonds is 8. The molecule has 0 atom stereocenters. The van der Waals surface area contributed by atoms with Gasteiger partial charge in [0.05, 0.1) is 24.4 Å². The summed E-state index contributed by atoms with van der Waals surface area (Å²) >= 11 is 0. The monoisotopic (exact) mass is 297 g/mol. The third-order valence-electron chi connectivity index (χ3n) is 2.84. The molecule has 2 N–H and O–H groups in total. The van der Waals surface area contributed by atoms with E-state index < -0.39 is 11.9 Å². The number of Topliss-reactive ketones (excluding diaryl/α,β-unsaturated/α-hetero) is 1. The number of methoxy groups -OCH3 is 1. The Morgan fingerprint density at radius 1 is 1.38 bits per heavy atom. The minimum atomic E-state index is -1.18. The topological polar surface area (TPSA) is 111 Å². The Balaban J connectivity index is 2.83. The third-order valence-corrected chi connectivity index (χ3v) is 2.84. The smallest absolute Gasteiger partial charge is 0.356 e. The molecule has 1 heterocycles. The Hall–Kier alpha value is -2.22. The Bertz CT molecular complexity index is 550. The standard InChI is InChI=1S/C13H19N3O5/c1-4-16-12(13(19)20)11(8(2)15-16)14-10(18)7-9(17)5-6-21-3/h4-7H2,1-3H3,(H,14,18)(H,19,20). The summed E-state index contributed by atoms with van der Waals surface area (Å²) in [6, 6.07) is 0. The number of aromatic nitrogens is 2. The SMILES string of the molecule is CCn1nc(C)c(NC(=O)CC(=O)CCOC)c1C(=O)O. The number of hydrogen-bond acceptors (Lipinski definition) is 5. The van der Waals surface area contributed by atoms with Crippen molar-refractivity contribution in [3.8, 4) is 0 Å². The number of nitrogens with one attached hydrogen (secondary N) is 1. The molecule has 116 valence electrons. The number of ether oxygens (including phenoxy) is 1. The van der Waals surface area contributed by atoms with E-state index in [0.717, 1.165) is 0 Å². The minimum absolute atomic E-state index is 0.0901. The molecule has 1 amide bonds. The highest BCUT2D eigenvalue weighted by Gasteiger charge is 2.22. The lowest BCUT2D eigenvalue weighted by Crippen LogP contribution is -2.19. The van der Waals surface area contributed by atoms with E-state index in [1.165, 1.54) is 11.8 Å². The summed E-state index contributed by atoms with van der Waals surface area (Å²) in [7, 11) is 1.47. The summed E-state index contributed by atoms with van der Waals surface area (Å²) in [4.78, 5) is 34.6. The van der Waals surface area contributed by atoms with Crippen molar-refractivity contribution < 1.29 is 24.2 Å². The molecule has 1 aromatic rings. The van der Waals surface area contributed by atoms with E-state index >= 15 is 0 Å². The zero-order chi connectivity index (χ0) is 16.0. The van der Waals surface area contributed by atoms with Crippen molar-refractivity contribution in [2.24, 2.45) is 0 Å². The number of carboxylic acids is 1. The van der Waals surface area contributed by atoms with Gasteiger partial charge in [-0.1, -0.05) is 0 Å². The van der Waals surface area contributed by atoms with Crippen LogP contribution in [0.25, 0.3) is 0 Å². The number of anilines is 1. The van der Waals surface area contributed by atoms with E-state index in [4.69, 9.17) is 4.74 Å². The first-order valence-electron chi connectivity index (χ1n) is 6.51. The van der Waals surface area contributed by atoms with Crippen LogP contribution in [-0.4, -0.2) is 46.3 Å². The van der Waals surface area contributed by atoms with Crippen molar-refractivity contribution in [2.45, 2.75) is 33.2 Å². The summed E-state index contributed by atoms with van der Waals surface area (Å²) in [6.45, 7) is 3.96. The lowest BCUT2D eigenvalue weighted by Gasteiger charge is -2.06. The average Bonchev–Trinajstić information content (AvgIpc) is 2.73. The molecule has 0 fully saturated rings. The maximum Gasteiger partial charge on any atom is 0.356 e. The van der Waals surface area contributed by atoms with Crippen LogP contribution in [0.3, 0.4) is 0 Å². The number of amides is 1. The van der Waals surface area contributed by atoms with Gasteiger partial charge < -0.3 is 15.2 Å². The molecule has 0 aliphatic rings. The van der Waals surface area contributed by atoms with E-state index in [-0.39, 0.29) is 36.6 Å². The summed E-state index contributed by atoms with van der Waals surface area (Å²) < 4.78 is 6.05. The molecule has 0 spiro atoms. The van der Waals surface area contributed by atoms with E-state index in [9.17, 15) is 19.5 Å². The van der Waals surface area contributed by atoms with Gasteiger partial charge in [0.25, 0.3) is 0 Å². The molecular formula is C13H19N3O5. The Kier molecular flexibility index (Phi) is 6.04. The van der Waals surface area contributed by atoms with E-state index in [1.807, 2.05) is 0 Å². The number of ketones is 1. The van der Waals surface area contributed by atoms with Crippen molar-refractivity contribution in [3.05, 3.63) is 11.4 Å². The Morgan fingerprint density at radius 3 is 2.57 bits per heavy atom. The molecule has 0 radical (unpaired) electrons. The molecule has 8 nitrogen and oxygen atoms in total. The first-order valence-corrected chi connectivity index (χ1v) is 6.51. The molecule has 21 heavy (non-hydrogen) atoms. The van der Waals surface area contributed by atoms with E-state index in [1.54, 1.807) is 13.8 Å². The van der Waals surface area contributed by atoms with Gasteiger partial charge >= 0.3 is 5.97 Å². The molecule has 1 rings (SSSR count). The van der Waals surface area contributed by atoms with Gasteiger partial charge in [-0.3, -0.25) is 14.3 Å². The number of carbonyl (C=O) groups is 3. The second-order valence-electron chi connectivity index (χ2n) is 4.44. The summed E-state index contributed by atoms with van der Waals surface area (Å²) in [6.07, 6.45) is -0.178. The number of carbonyl (C=O) groups excluding carboxylic acids is 2. The maximum absolute atomic E-state index is 11.8. The van der Waals surface area contributed by atoms with Crippen LogP contribution >= 0.6 is 0 Å². The number of nitrogens with zero attached hydrogens (tertiary/aromatic N) is 2. The van der Waals surface area contributed by atoms with E-state index in [2.05, 4.69) is 10.4 Å². The zero-order valence-corrected chi connectivity index (χ0v) is 12.3. The quantitative estimate of drug-likeness (QED) is 0.688. The van der Waals surface area contributed by atoms with Crippen LogP contribution in [0, 0.1) is 6.92 Å². The van der Waals surface area contributed by atoms with Crippen LogP contribution in [0.1, 0.15) is 35.9 Å². The van der Waals surface area contributed by atoms with Crippen LogP contribution in [0.2, 0.25) is 0 Å². The molecule has 0 saturated heterocycles. The van der Waals surface area contributed by atoms with Crippen LogP contribution < -0.4 is 5.32 Å². The molecular weight excluding hydrogens is 278 g/mol. The van der Waals surface area contributed by atoms with Gasteiger partial charge in [0.15, 0.2) is 5.69 Å². The normalized spacial score (nSPS) is 10.4. The lowest BCUT2D eigenvalue weighted by atomic mass is 10.2. The third kappa shape index (κ3) is 4.38. The van der Waals surface area contributed by atoms with Gasteiger partial charge in [-0.05, 0) is 13.8 Å². The Labute approximate surface area is 122 Å².